The summed E-state index contributed by atoms with van der Waals surface area (Å²) in [6.07, 6.45) is 1.71. The van der Waals surface area contributed by atoms with Gasteiger partial charge in [0.2, 0.25) is 5.91 Å². The Morgan fingerprint density at radius 3 is 2.36 bits per heavy atom. The quantitative estimate of drug-likeness (QED) is 0.321. The van der Waals surface area contributed by atoms with Crippen LogP contribution in [0.15, 0.2) is 66.7 Å². The number of carbonyl (C=O) groups excluding carboxylic acids is 2. The highest BCUT2D eigenvalue weighted by Crippen LogP contribution is 2.44. The van der Waals surface area contributed by atoms with E-state index in [-0.39, 0.29) is 11.8 Å². The number of rotatable bonds is 10. The first-order chi connectivity index (χ1) is 20.6. The van der Waals surface area contributed by atoms with E-state index in [1.54, 1.807) is 0 Å². The Bertz CT molecular complexity index is 1370. The number of piperazine rings is 1. The van der Waals surface area contributed by atoms with Crippen molar-refractivity contribution in [3.05, 3.63) is 94.5 Å². The van der Waals surface area contributed by atoms with Gasteiger partial charge in [0.15, 0.2) is 0 Å². The monoisotopic (exact) mass is 567 g/mol. The first-order valence-electron chi connectivity index (χ1n) is 15.2. The van der Waals surface area contributed by atoms with Crippen molar-refractivity contribution in [2.24, 2.45) is 5.73 Å². The molecule has 0 spiro atoms. The number of amides is 2. The molecule has 2 aliphatic heterocycles. The molecule has 0 saturated carbocycles. The van der Waals surface area contributed by atoms with Crippen LogP contribution in [0.2, 0.25) is 0 Å². The van der Waals surface area contributed by atoms with E-state index >= 15 is 0 Å². The van der Waals surface area contributed by atoms with Gasteiger partial charge in [-0.1, -0.05) is 66.7 Å². The summed E-state index contributed by atoms with van der Waals surface area (Å²) in [5.74, 6) is 0.0781. The number of alkyl carbamates (subject to hydrolysis) is 1. The van der Waals surface area contributed by atoms with E-state index in [0.717, 1.165) is 45.6 Å². The molecule has 2 heterocycles. The van der Waals surface area contributed by atoms with Gasteiger partial charge in [-0.2, -0.15) is 0 Å². The number of nitrogens with two attached hydrogens (primary N) is 1. The maximum absolute atomic E-state index is 13.0. The molecule has 4 N–H and O–H groups in total. The molecule has 42 heavy (non-hydrogen) atoms. The highest BCUT2D eigenvalue weighted by Gasteiger charge is 2.29. The van der Waals surface area contributed by atoms with Gasteiger partial charge in [0, 0.05) is 58.3 Å². The number of benzene rings is 3. The van der Waals surface area contributed by atoms with Crippen LogP contribution >= 0.6 is 0 Å². The minimum Gasteiger partial charge on any atom is -0.449 e. The van der Waals surface area contributed by atoms with Crippen molar-refractivity contribution in [1.29, 1.82) is 0 Å². The molecule has 8 heteroatoms. The van der Waals surface area contributed by atoms with Crippen LogP contribution in [0.25, 0.3) is 11.1 Å². The van der Waals surface area contributed by atoms with Crippen molar-refractivity contribution in [3.63, 3.8) is 0 Å². The van der Waals surface area contributed by atoms with Crippen molar-refractivity contribution in [3.8, 4) is 11.1 Å². The van der Waals surface area contributed by atoms with Gasteiger partial charge in [0.1, 0.15) is 6.61 Å². The van der Waals surface area contributed by atoms with Crippen molar-refractivity contribution >= 4 is 12.0 Å². The Balaban J connectivity index is 0.870. The van der Waals surface area contributed by atoms with Crippen LogP contribution in [0.4, 0.5) is 4.79 Å². The fourth-order valence-electron chi connectivity index (χ4n) is 6.61. The molecule has 220 valence electrons. The summed E-state index contributed by atoms with van der Waals surface area (Å²) in [6.45, 7) is 6.77. The molecular weight excluding hydrogens is 526 g/mol. The number of hydrogen-bond acceptors (Lipinski definition) is 6. The van der Waals surface area contributed by atoms with Gasteiger partial charge in [-0.15, -0.1) is 0 Å². The number of hydrogen-bond donors (Lipinski definition) is 3. The third-order valence-electron chi connectivity index (χ3n) is 8.94. The lowest BCUT2D eigenvalue weighted by Gasteiger charge is -2.36. The zero-order chi connectivity index (χ0) is 28.9. The van der Waals surface area contributed by atoms with Gasteiger partial charge < -0.3 is 26.0 Å². The summed E-state index contributed by atoms with van der Waals surface area (Å²) < 4.78 is 5.61. The van der Waals surface area contributed by atoms with Crippen molar-refractivity contribution in [2.45, 2.75) is 50.9 Å². The smallest absolute Gasteiger partial charge is 0.407 e. The standard InChI is InChI=1S/C34H41N5O3/c35-32(33(40)39-18-16-38(17-19-39)22-25-9-7-8-24-20-36-21-30(24)25)14-5-6-15-37-34(41)42-23-31-28-12-3-1-10-26(28)27-11-2-4-13-29(27)31/h1-4,7-13,31-32,36H,5-6,14-23,35H2,(H,37,41). The third-order valence-corrected chi connectivity index (χ3v) is 8.94. The first-order valence-corrected chi connectivity index (χ1v) is 15.2. The number of nitrogens with one attached hydrogen (secondary N) is 2. The lowest BCUT2D eigenvalue weighted by atomic mass is 9.98. The molecule has 0 bridgehead atoms. The molecule has 8 nitrogen and oxygen atoms in total. The molecule has 6 rings (SSSR count). The van der Waals surface area contributed by atoms with Crippen LogP contribution in [-0.2, 0) is 29.2 Å². The van der Waals surface area contributed by atoms with Crippen LogP contribution in [0.3, 0.4) is 0 Å². The van der Waals surface area contributed by atoms with Crippen molar-refractivity contribution in [1.82, 2.24) is 20.4 Å². The van der Waals surface area contributed by atoms with Crippen LogP contribution in [-0.4, -0.2) is 67.2 Å². The number of fused-ring (bicyclic) bond motifs is 4. The minimum atomic E-state index is -0.505. The van der Waals surface area contributed by atoms with Gasteiger partial charge in [0.25, 0.3) is 0 Å². The summed E-state index contributed by atoms with van der Waals surface area (Å²) in [7, 11) is 0. The molecule has 0 radical (unpaired) electrons. The second-order valence-corrected chi connectivity index (χ2v) is 11.6. The fourth-order valence-corrected chi connectivity index (χ4v) is 6.61. The number of nitrogens with zero attached hydrogens (tertiary/aromatic N) is 2. The van der Waals surface area contributed by atoms with E-state index < -0.39 is 12.1 Å². The average molecular weight is 568 g/mol. The van der Waals surface area contributed by atoms with E-state index in [2.05, 4.69) is 58.0 Å². The normalized spacial score (nSPS) is 16.9. The molecule has 1 unspecified atom stereocenters. The third kappa shape index (κ3) is 6.21. The topological polar surface area (TPSA) is 99.9 Å². The summed E-state index contributed by atoms with van der Waals surface area (Å²) in [5.41, 5.74) is 15.3. The summed E-state index contributed by atoms with van der Waals surface area (Å²) in [5, 5.41) is 6.29. The van der Waals surface area contributed by atoms with Crippen molar-refractivity contribution in [2.75, 3.05) is 39.3 Å². The number of carbonyl (C=O) groups is 2. The largest absolute Gasteiger partial charge is 0.449 e. The van der Waals surface area contributed by atoms with Gasteiger partial charge in [-0.05, 0) is 58.2 Å². The Morgan fingerprint density at radius 1 is 0.905 bits per heavy atom. The average Bonchev–Trinajstić information content (AvgIpc) is 3.63. The van der Waals surface area contributed by atoms with E-state index in [1.165, 1.54) is 38.9 Å². The Morgan fingerprint density at radius 2 is 1.62 bits per heavy atom. The van der Waals surface area contributed by atoms with Crippen LogP contribution in [0, 0.1) is 0 Å². The second kappa shape index (κ2) is 13.1. The van der Waals surface area contributed by atoms with Gasteiger partial charge in [0.05, 0.1) is 6.04 Å². The lowest BCUT2D eigenvalue weighted by Crippen LogP contribution is -2.52. The zero-order valence-corrected chi connectivity index (χ0v) is 24.2. The molecule has 0 aromatic heterocycles. The second-order valence-electron chi connectivity index (χ2n) is 11.6. The van der Waals surface area contributed by atoms with Crippen LogP contribution in [0.5, 0.6) is 0 Å². The molecule has 1 aliphatic carbocycles. The predicted octanol–water partition coefficient (Wildman–Crippen LogP) is 3.97. The lowest BCUT2D eigenvalue weighted by molar-refractivity contribution is -0.134. The van der Waals surface area contributed by atoms with Crippen LogP contribution < -0.4 is 16.4 Å². The molecule has 2 amide bonds. The van der Waals surface area contributed by atoms with Gasteiger partial charge in [-0.3, -0.25) is 9.69 Å². The highest BCUT2D eigenvalue weighted by atomic mass is 16.5. The van der Waals surface area contributed by atoms with Gasteiger partial charge in [-0.25, -0.2) is 4.79 Å². The maximum Gasteiger partial charge on any atom is 0.407 e. The van der Waals surface area contributed by atoms with Crippen molar-refractivity contribution < 1.29 is 14.3 Å². The van der Waals surface area contributed by atoms with Crippen LogP contribution in [0.1, 0.15) is 53.0 Å². The maximum atomic E-state index is 13.0. The number of unbranched alkanes of at least 4 members (excludes halogenated alkanes) is 1. The minimum absolute atomic E-state index is 0.0314. The van der Waals surface area contributed by atoms with E-state index in [0.29, 0.717) is 32.7 Å². The molecule has 3 aliphatic rings. The zero-order valence-electron chi connectivity index (χ0n) is 24.2. The predicted molar refractivity (Wildman–Crippen MR) is 164 cm³/mol. The Kier molecular flexibility index (Phi) is 8.84. The van der Waals surface area contributed by atoms with Gasteiger partial charge >= 0.3 is 6.09 Å². The Labute approximate surface area is 248 Å². The molecule has 3 aromatic rings. The molecule has 1 saturated heterocycles. The Hall–Kier alpha value is -3.72. The summed E-state index contributed by atoms with van der Waals surface area (Å²) in [6, 6.07) is 22.7. The van der Waals surface area contributed by atoms with E-state index in [9.17, 15) is 9.59 Å². The fraction of sp³-hybridized carbons (Fsp3) is 0.412. The summed E-state index contributed by atoms with van der Waals surface area (Å²) in [4.78, 5) is 29.7. The molecule has 3 aromatic carbocycles. The SMILES string of the molecule is NC(CCCCNC(=O)OCC1c2ccccc2-c2ccccc21)C(=O)N1CCN(Cc2cccc3c2CNC3)CC1. The first kappa shape index (κ1) is 28.4. The highest BCUT2D eigenvalue weighted by molar-refractivity contribution is 5.81. The molecule has 1 atom stereocenters. The number of ether oxygens (including phenoxy) is 1. The summed E-state index contributed by atoms with van der Waals surface area (Å²) >= 11 is 0. The van der Waals surface area contributed by atoms with E-state index in [4.69, 9.17) is 10.5 Å². The molecule has 1 fully saturated rings. The van der Waals surface area contributed by atoms with E-state index in [1.807, 2.05) is 29.2 Å². The molecular formula is C34H41N5O3.